The molecule has 0 radical (unpaired) electrons. The Labute approximate surface area is 141 Å². The first-order chi connectivity index (χ1) is 11.2. The van der Waals surface area contributed by atoms with Crippen LogP contribution >= 0.6 is 23.3 Å². The van der Waals surface area contributed by atoms with E-state index in [9.17, 15) is 4.79 Å². The van der Waals surface area contributed by atoms with Gasteiger partial charge in [0.05, 0.1) is 29.8 Å². The van der Waals surface area contributed by atoms with Crippen molar-refractivity contribution in [3.8, 4) is 5.88 Å². The zero-order chi connectivity index (χ0) is 15.8. The van der Waals surface area contributed by atoms with Gasteiger partial charge in [0.15, 0.2) is 0 Å². The molecule has 0 N–H and O–H groups in total. The highest BCUT2D eigenvalue weighted by molar-refractivity contribution is 7.00. The zero-order valence-corrected chi connectivity index (χ0v) is 13.4. The van der Waals surface area contributed by atoms with Gasteiger partial charge < -0.3 is 9.64 Å². The van der Waals surface area contributed by atoms with Crippen LogP contribution in [0.25, 0.3) is 11.0 Å². The summed E-state index contributed by atoms with van der Waals surface area (Å²) in [5.41, 5.74) is 2.18. The van der Waals surface area contributed by atoms with Gasteiger partial charge in [0.2, 0.25) is 5.88 Å². The van der Waals surface area contributed by atoms with Gasteiger partial charge in [0.25, 0.3) is 5.91 Å². The second kappa shape index (κ2) is 5.75. The van der Waals surface area contributed by atoms with Crippen LogP contribution in [0.1, 0.15) is 10.4 Å². The fourth-order valence-corrected chi connectivity index (χ4v) is 3.01. The molecule has 2 aromatic heterocycles. The van der Waals surface area contributed by atoms with E-state index in [1.165, 1.54) is 6.20 Å². The first-order valence-corrected chi connectivity index (χ1v) is 8.10. The number of nitrogens with zero attached hydrogens (tertiary/aromatic N) is 4. The lowest BCUT2D eigenvalue weighted by Gasteiger charge is -2.38. The third-order valence-electron chi connectivity index (χ3n) is 3.62. The molecule has 0 atom stereocenters. The zero-order valence-electron chi connectivity index (χ0n) is 11.8. The molecule has 1 saturated heterocycles. The Kier molecular flexibility index (Phi) is 3.59. The molecule has 3 aromatic rings. The van der Waals surface area contributed by atoms with Gasteiger partial charge in [0, 0.05) is 17.8 Å². The molecular weight excluding hydrogens is 336 g/mol. The quantitative estimate of drug-likeness (QED) is 0.729. The van der Waals surface area contributed by atoms with E-state index in [4.69, 9.17) is 16.3 Å². The predicted octanol–water partition coefficient (Wildman–Crippen LogP) is 2.64. The normalized spacial score (nSPS) is 14.7. The maximum Gasteiger partial charge on any atom is 0.254 e. The van der Waals surface area contributed by atoms with Crippen LogP contribution in [-0.4, -0.2) is 43.7 Å². The number of likely N-dealkylation sites (tertiary alicyclic amines) is 1. The van der Waals surface area contributed by atoms with Crippen molar-refractivity contribution in [3.63, 3.8) is 0 Å². The summed E-state index contributed by atoms with van der Waals surface area (Å²) in [7, 11) is 0. The molecule has 6 nitrogen and oxygen atoms in total. The Balaban J connectivity index is 1.39. The van der Waals surface area contributed by atoms with E-state index in [0.29, 0.717) is 29.6 Å². The van der Waals surface area contributed by atoms with Crippen LogP contribution in [0.3, 0.4) is 0 Å². The molecular formula is C15H11ClN4O2S. The lowest BCUT2D eigenvalue weighted by molar-refractivity contribution is 0.0160. The van der Waals surface area contributed by atoms with Gasteiger partial charge in [-0.05, 0) is 24.3 Å². The number of rotatable bonds is 3. The Hall–Kier alpha value is -2.25. The summed E-state index contributed by atoms with van der Waals surface area (Å²) in [6.45, 7) is 1.08. The van der Waals surface area contributed by atoms with Crippen LogP contribution in [0.5, 0.6) is 5.88 Å². The van der Waals surface area contributed by atoms with Gasteiger partial charge >= 0.3 is 0 Å². The molecule has 1 fully saturated rings. The van der Waals surface area contributed by atoms with Crippen molar-refractivity contribution in [1.29, 1.82) is 0 Å². The lowest BCUT2D eigenvalue weighted by Crippen LogP contribution is -2.56. The average molecular weight is 347 g/mol. The van der Waals surface area contributed by atoms with E-state index >= 15 is 0 Å². The Morgan fingerprint density at radius 2 is 2.04 bits per heavy atom. The predicted molar refractivity (Wildman–Crippen MR) is 87.0 cm³/mol. The SMILES string of the molecule is O=C(c1ccc2nsnc2c1)N1CC(Oc2ccc(Cl)cn2)C1. The topological polar surface area (TPSA) is 68.2 Å². The van der Waals surface area contributed by atoms with E-state index in [1.807, 2.05) is 6.07 Å². The second-order valence-electron chi connectivity index (χ2n) is 5.23. The lowest BCUT2D eigenvalue weighted by atomic mass is 10.1. The third kappa shape index (κ3) is 2.85. The molecule has 0 unspecified atom stereocenters. The number of fused-ring (bicyclic) bond motifs is 1. The van der Waals surface area contributed by atoms with E-state index in [1.54, 1.807) is 29.2 Å². The van der Waals surface area contributed by atoms with Crippen LogP contribution < -0.4 is 4.74 Å². The summed E-state index contributed by atoms with van der Waals surface area (Å²) >= 11 is 6.92. The summed E-state index contributed by atoms with van der Waals surface area (Å²) in [5.74, 6) is 0.491. The van der Waals surface area contributed by atoms with Crippen LogP contribution in [0, 0.1) is 0 Å². The van der Waals surface area contributed by atoms with E-state index in [0.717, 1.165) is 22.8 Å². The van der Waals surface area contributed by atoms with Gasteiger partial charge in [0.1, 0.15) is 17.1 Å². The summed E-state index contributed by atoms with van der Waals surface area (Å²) < 4.78 is 14.0. The van der Waals surface area contributed by atoms with E-state index in [2.05, 4.69) is 13.7 Å². The van der Waals surface area contributed by atoms with Crippen molar-refractivity contribution in [1.82, 2.24) is 18.6 Å². The average Bonchev–Trinajstić information content (AvgIpc) is 2.99. The van der Waals surface area contributed by atoms with Crippen molar-refractivity contribution >= 4 is 40.3 Å². The van der Waals surface area contributed by atoms with Gasteiger partial charge in [-0.2, -0.15) is 8.75 Å². The molecule has 0 bridgehead atoms. The monoisotopic (exact) mass is 346 g/mol. The van der Waals surface area contributed by atoms with Crippen molar-refractivity contribution < 1.29 is 9.53 Å². The number of hydrogen-bond acceptors (Lipinski definition) is 6. The highest BCUT2D eigenvalue weighted by atomic mass is 35.5. The highest BCUT2D eigenvalue weighted by Gasteiger charge is 2.33. The number of hydrogen-bond donors (Lipinski definition) is 0. The summed E-state index contributed by atoms with van der Waals surface area (Å²) in [5, 5.41) is 0.565. The molecule has 23 heavy (non-hydrogen) atoms. The molecule has 8 heteroatoms. The minimum atomic E-state index is -0.0442. The largest absolute Gasteiger partial charge is 0.471 e. The molecule has 1 amide bonds. The Morgan fingerprint density at radius 1 is 1.22 bits per heavy atom. The van der Waals surface area contributed by atoms with Crippen molar-refractivity contribution in [2.24, 2.45) is 0 Å². The second-order valence-corrected chi connectivity index (χ2v) is 6.20. The summed E-state index contributed by atoms with van der Waals surface area (Å²) in [4.78, 5) is 18.3. The van der Waals surface area contributed by atoms with E-state index in [-0.39, 0.29) is 12.0 Å². The number of carbonyl (C=O) groups is 1. The standard InChI is InChI=1S/C15H11ClN4O2S/c16-10-2-4-14(17-6-10)22-11-7-20(8-11)15(21)9-1-3-12-13(5-9)19-23-18-12/h1-6,11H,7-8H2. The molecule has 0 saturated carbocycles. The van der Waals surface area contributed by atoms with Crippen LogP contribution in [0.15, 0.2) is 36.5 Å². The van der Waals surface area contributed by atoms with Gasteiger partial charge in [-0.1, -0.05) is 11.6 Å². The van der Waals surface area contributed by atoms with Crippen molar-refractivity contribution in [2.75, 3.05) is 13.1 Å². The summed E-state index contributed by atoms with van der Waals surface area (Å²) in [6.07, 6.45) is 1.49. The van der Waals surface area contributed by atoms with Gasteiger partial charge in [-0.25, -0.2) is 4.98 Å². The van der Waals surface area contributed by atoms with Crippen LogP contribution in [0.2, 0.25) is 5.02 Å². The maximum atomic E-state index is 12.4. The van der Waals surface area contributed by atoms with Crippen molar-refractivity contribution in [2.45, 2.75) is 6.10 Å². The summed E-state index contributed by atoms with van der Waals surface area (Å²) in [6, 6.07) is 8.81. The minimum Gasteiger partial charge on any atom is -0.471 e. The Bertz CT molecular complexity index is 861. The first-order valence-electron chi connectivity index (χ1n) is 6.99. The number of benzene rings is 1. The number of halogens is 1. The number of pyridine rings is 1. The Morgan fingerprint density at radius 3 is 2.83 bits per heavy atom. The molecule has 4 rings (SSSR count). The molecule has 116 valence electrons. The number of carbonyl (C=O) groups excluding carboxylic acids is 1. The molecule has 1 aliphatic heterocycles. The van der Waals surface area contributed by atoms with Gasteiger partial charge in [-0.3, -0.25) is 4.79 Å². The molecule has 3 heterocycles. The van der Waals surface area contributed by atoms with E-state index < -0.39 is 0 Å². The highest BCUT2D eigenvalue weighted by Crippen LogP contribution is 2.21. The maximum absolute atomic E-state index is 12.4. The molecule has 1 aromatic carbocycles. The fourth-order valence-electron chi connectivity index (χ4n) is 2.38. The minimum absolute atomic E-state index is 0.0242. The first kappa shape index (κ1) is 14.3. The van der Waals surface area contributed by atoms with Crippen molar-refractivity contribution in [3.05, 3.63) is 47.1 Å². The molecule has 1 aliphatic rings. The third-order valence-corrected chi connectivity index (χ3v) is 4.40. The number of ether oxygens (including phenoxy) is 1. The smallest absolute Gasteiger partial charge is 0.254 e. The fraction of sp³-hybridized carbons (Fsp3) is 0.200. The van der Waals surface area contributed by atoms with Crippen LogP contribution in [-0.2, 0) is 0 Å². The molecule has 0 aliphatic carbocycles. The number of aromatic nitrogens is 3. The van der Waals surface area contributed by atoms with Gasteiger partial charge in [-0.15, -0.1) is 0 Å². The number of amides is 1. The van der Waals surface area contributed by atoms with Crippen LogP contribution in [0.4, 0.5) is 0 Å². The molecule has 0 spiro atoms.